The van der Waals surface area contributed by atoms with E-state index in [1.165, 1.54) is 30.5 Å². The van der Waals surface area contributed by atoms with E-state index in [9.17, 15) is 18.0 Å². The molecule has 0 aliphatic rings. The normalized spacial score (nSPS) is 11.4. The van der Waals surface area contributed by atoms with Crippen LogP contribution in [-0.2, 0) is 6.42 Å². The lowest BCUT2D eigenvalue weighted by Crippen LogP contribution is -2.14. The second-order valence-electron chi connectivity index (χ2n) is 4.28. The molecule has 0 fully saturated rings. The van der Waals surface area contributed by atoms with Crippen molar-refractivity contribution in [1.82, 2.24) is 5.16 Å². The van der Waals surface area contributed by atoms with Crippen LogP contribution in [0.2, 0.25) is 0 Å². The highest BCUT2D eigenvalue weighted by Gasteiger charge is 2.27. The number of nitrogens with one attached hydrogen (secondary N) is 1. The van der Waals surface area contributed by atoms with Crippen molar-refractivity contribution in [3.8, 4) is 0 Å². The Kier molecular flexibility index (Phi) is 3.78. The molecule has 2 rings (SSSR count). The number of anilines is 1. The predicted molar refractivity (Wildman–Crippen MR) is 65.4 cm³/mol. The van der Waals surface area contributed by atoms with Crippen molar-refractivity contribution in [1.29, 1.82) is 0 Å². The van der Waals surface area contributed by atoms with Crippen LogP contribution in [0.15, 0.2) is 35.1 Å². The van der Waals surface area contributed by atoms with E-state index < -0.39 is 18.5 Å². The highest BCUT2D eigenvalue weighted by atomic mass is 19.4. The van der Waals surface area contributed by atoms with Gasteiger partial charge in [0.15, 0.2) is 5.69 Å². The maximum Gasteiger partial charge on any atom is 0.393 e. The first-order valence-electron chi connectivity index (χ1n) is 5.73. The van der Waals surface area contributed by atoms with Gasteiger partial charge in [0.25, 0.3) is 5.91 Å². The van der Waals surface area contributed by atoms with E-state index in [-0.39, 0.29) is 11.3 Å². The quantitative estimate of drug-likeness (QED) is 0.940. The molecule has 0 spiro atoms. The van der Waals surface area contributed by atoms with Gasteiger partial charge < -0.3 is 9.84 Å². The number of rotatable bonds is 3. The number of aromatic nitrogens is 1. The van der Waals surface area contributed by atoms with Crippen molar-refractivity contribution < 1.29 is 22.5 Å². The number of nitrogens with zero attached hydrogens (tertiary/aromatic N) is 1. The first-order chi connectivity index (χ1) is 9.35. The summed E-state index contributed by atoms with van der Waals surface area (Å²) in [6.07, 6.45) is -3.99. The summed E-state index contributed by atoms with van der Waals surface area (Å²) in [5.41, 5.74) is 1.23. The summed E-state index contributed by atoms with van der Waals surface area (Å²) in [6, 6.07) is 5.56. The van der Waals surface area contributed by atoms with Crippen molar-refractivity contribution in [2.45, 2.75) is 19.5 Å². The van der Waals surface area contributed by atoms with Gasteiger partial charge in [0, 0.05) is 11.8 Å². The largest absolute Gasteiger partial charge is 0.393 e. The number of carbonyl (C=O) groups is 1. The average Bonchev–Trinajstić information content (AvgIpc) is 2.84. The fourth-order valence-electron chi connectivity index (χ4n) is 1.72. The second-order valence-corrected chi connectivity index (χ2v) is 4.28. The summed E-state index contributed by atoms with van der Waals surface area (Å²) in [6.45, 7) is 1.62. The molecule has 106 valence electrons. The Hall–Kier alpha value is -2.31. The van der Waals surface area contributed by atoms with Gasteiger partial charge in [0.05, 0.1) is 6.42 Å². The third-order valence-electron chi connectivity index (χ3n) is 2.61. The zero-order valence-corrected chi connectivity index (χ0v) is 10.5. The third kappa shape index (κ3) is 3.59. The Morgan fingerprint density at radius 3 is 2.65 bits per heavy atom. The number of alkyl halides is 3. The molecule has 0 radical (unpaired) electrons. The van der Waals surface area contributed by atoms with Crippen LogP contribution in [0.25, 0.3) is 0 Å². The minimum absolute atomic E-state index is 0.101. The average molecular weight is 284 g/mol. The summed E-state index contributed by atoms with van der Waals surface area (Å²) in [5, 5.41) is 6.03. The minimum atomic E-state index is -4.25. The molecular weight excluding hydrogens is 273 g/mol. The summed E-state index contributed by atoms with van der Waals surface area (Å²) in [4.78, 5) is 11.7. The van der Waals surface area contributed by atoms with Crippen molar-refractivity contribution in [3.05, 3.63) is 47.3 Å². The van der Waals surface area contributed by atoms with Gasteiger partial charge in [-0.25, -0.2) is 0 Å². The number of carbonyl (C=O) groups excluding carboxylic acids is 1. The molecule has 0 aliphatic heterocycles. The van der Waals surface area contributed by atoms with Gasteiger partial charge in [0.2, 0.25) is 0 Å². The molecule has 1 aromatic heterocycles. The lowest BCUT2D eigenvalue weighted by molar-refractivity contribution is -0.127. The smallest absolute Gasteiger partial charge is 0.364 e. The Morgan fingerprint density at radius 2 is 2.10 bits per heavy atom. The number of halogens is 3. The highest BCUT2D eigenvalue weighted by molar-refractivity contribution is 6.03. The van der Waals surface area contributed by atoms with E-state index in [1.807, 2.05) is 0 Å². The molecule has 1 N–H and O–H groups in total. The van der Waals surface area contributed by atoms with Crippen LogP contribution in [0.5, 0.6) is 0 Å². The molecule has 0 aliphatic carbocycles. The summed E-state index contributed by atoms with van der Waals surface area (Å²) < 4.78 is 41.4. The lowest BCUT2D eigenvalue weighted by atomic mass is 10.1. The highest BCUT2D eigenvalue weighted by Crippen LogP contribution is 2.24. The molecule has 1 heterocycles. The molecule has 1 aromatic carbocycles. The predicted octanol–water partition coefficient (Wildman–Crippen LogP) is 3.34. The van der Waals surface area contributed by atoms with Crippen LogP contribution >= 0.6 is 0 Å². The number of benzene rings is 1. The Balaban J connectivity index is 2.12. The van der Waals surface area contributed by atoms with Gasteiger partial charge in [0.1, 0.15) is 6.26 Å². The molecule has 0 saturated carbocycles. The van der Waals surface area contributed by atoms with Crippen LogP contribution in [0.1, 0.15) is 21.6 Å². The zero-order valence-electron chi connectivity index (χ0n) is 10.5. The Morgan fingerprint density at radius 1 is 1.35 bits per heavy atom. The van der Waals surface area contributed by atoms with Crippen molar-refractivity contribution in [2.75, 3.05) is 5.32 Å². The van der Waals surface area contributed by atoms with Crippen LogP contribution < -0.4 is 5.32 Å². The maximum atomic E-state index is 12.3. The fourth-order valence-corrected chi connectivity index (χ4v) is 1.72. The van der Waals surface area contributed by atoms with E-state index in [2.05, 4.69) is 15.0 Å². The van der Waals surface area contributed by atoms with E-state index in [0.29, 0.717) is 11.3 Å². The Bertz CT molecular complexity index is 607. The van der Waals surface area contributed by atoms with Crippen molar-refractivity contribution in [2.24, 2.45) is 0 Å². The Labute approximate surface area is 112 Å². The van der Waals surface area contributed by atoms with Crippen LogP contribution in [-0.4, -0.2) is 17.2 Å². The SMILES string of the molecule is Cc1cc(CC(F)(F)F)ccc1NC(=O)c1ccon1. The third-order valence-corrected chi connectivity index (χ3v) is 2.61. The van der Waals surface area contributed by atoms with Gasteiger partial charge in [-0.15, -0.1) is 0 Å². The number of hydrogen-bond acceptors (Lipinski definition) is 3. The number of amides is 1. The van der Waals surface area contributed by atoms with E-state index >= 15 is 0 Å². The van der Waals surface area contributed by atoms with Crippen molar-refractivity contribution >= 4 is 11.6 Å². The standard InChI is InChI=1S/C13H11F3N2O2/c1-8-6-9(7-13(14,15)16)2-3-10(8)17-12(19)11-4-5-20-18-11/h2-6H,7H2,1H3,(H,17,19). The molecule has 20 heavy (non-hydrogen) atoms. The first-order valence-corrected chi connectivity index (χ1v) is 5.73. The minimum Gasteiger partial charge on any atom is -0.364 e. The maximum absolute atomic E-state index is 12.3. The summed E-state index contributed by atoms with van der Waals surface area (Å²) in [5.74, 6) is -0.481. The second kappa shape index (κ2) is 5.36. The molecule has 2 aromatic rings. The molecule has 0 bridgehead atoms. The lowest BCUT2D eigenvalue weighted by Gasteiger charge is -2.11. The summed E-state index contributed by atoms with van der Waals surface area (Å²) in [7, 11) is 0. The number of hydrogen-bond donors (Lipinski definition) is 1. The molecule has 4 nitrogen and oxygen atoms in total. The first kappa shape index (κ1) is 14.1. The van der Waals surface area contributed by atoms with Gasteiger partial charge in [-0.3, -0.25) is 4.79 Å². The zero-order chi connectivity index (χ0) is 14.8. The topological polar surface area (TPSA) is 55.1 Å². The molecular formula is C13H11F3N2O2. The van der Waals surface area contributed by atoms with Crippen LogP contribution in [0.4, 0.5) is 18.9 Å². The van der Waals surface area contributed by atoms with Gasteiger partial charge >= 0.3 is 6.18 Å². The summed E-state index contributed by atoms with van der Waals surface area (Å²) >= 11 is 0. The number of aryl methyl sites for hydroxylation is 1. The van der Waals surface area contributed by atoms with E-state index in [0.717, 1.165) is 0 Å². The monoisotopic (exact) mass is 284 g/mol. The molecule has 0 atom stereocenters. The van der Waals surface area contributed by atoms with E-state index in [4.69, 9.17) is 0 Å². The van der Waals surface area contributed by atoms with Gasteiger partial charge in [-0.2, -0.15) is 13.2 Å². The molecule has 1 amide bonds. The van der Waals surface area contributed by atoms with Gasteiger partial charge in [-0.05, 0) is 24.1 Å². The fraction of sp³-hybridized carbons (Fsp3) is 0.231. The van der Waals surface area contributed by atoms with Crippen LogP contribution in [0.3, 0.4) is 0 Å². The van der Waals surface area contributed by atoms with E-state index in [1.54, 1.807) is 6.92 Å². The van der Waals surface area contributed by atoms with Crippen molar-refractivity contribution in [3.63, 3.8) is 0 Å². The molecule has 0 saturated heterocycles. The molecule has 7 heteroatoms. The van der Waals surface area contributed by atoms with Gasteiger partial charge in [-0.1, -0.05) is 17.3 Å². The van der Waals surface area contributed by atoms with Crippen LogP contribution in [0, 0.1) is 6.92 Å². The molecule has 0 unspecified atom stereocenters.